The lowest BCUT2D eigenvalue weighted by Gasteiger charge is -2.24. The molecule has 1 fully saturated rings. The number of nitrogens with one attached hydrogen (secondary N) is 1. The molecule has 1 amide bonds. The van der Waals surface area contributed by atoms with Crippen LogP contribution in [-0.2, 0) is 4.79 Å². The number of hydrogen-bond acceptors (Lipinski definition) is 2. The molecular weight excluding hydrogens is 224 g/mol. The van der Waals surface area contributed by atoms with Gasteiger partial charge in [0.05, 0.1) is 0 Å². The van der Waals surface area contributed by atoms with Crippen LogP contribution < -0.4 is 11.1 Å². The summed E-state index contributed by atoms with van der Waals surface area (Å²) in [5.74, 6) is 0.798. The quantitative estimate of drug-likeness (QED) is 0.716. The van der Waals surface area contributed by atoms with E-state index < -0.39 is 0 Å². The average Bonchev–Trinajstić information content (AvgIpc) is 2.57. The molecule has 1 aliphatic carbocycles. The van der Waals surface area contributed by atoms with Crippen LogP contribution in [0.25, 0.3) is 0 Å². The fourth-order valence-electron chi connectivity index (χ4n) is 2.95. The first kappa shape index (κ1) is 15.5. The van der Waals surface area contributed by atoms with Crippen molar-refractivity contribution < 1.29 is 4.79 Å². The Balaban J connectivity index is 2.29. The van der Waals surface area contributed by atoms with Crippen molar-refractivity contribution >= 4 is 5.91 Å². The van der Waals surface area contributed by atoms with Crippen LogP contribution in [0.15, 0.2) is 0 Å². The lowest BCUT2D eigenvalue weighted by Crippen LogP contribution is -2.40. The molecule has 2 atom stereocenters. The third-order valence-corrected chi connectivity index (χ3v) is 4.10. The molecule has 0 aromatic rings. The van der Waals surface area contributed by atoms with Gasteiger partial charge in [0.25, 0.3) is 0 Å². The number of carbonyl (C=O) groups excluding carboxylic acids is 1. The summed E-state index contributed by atoms with van der Waals surface area (Å²) in [5, 5.41) is 3.15. The lowest BCUT2D eigenvalue weighted by atomic mass is 9.93. The Labute approximate surface area is 112 Å². The fourth-order valence-corrected chi connectivity index (χ4v) is 2.95. The molecule has 3 nitrogen and oxygen atoms in total. The molecule has 3 heteroatoms. The van der Waals surface area contributed by atoms with Gasteiger partial charge in [-0.25, -0.2) is 0 Å². The minimum absolute atomic E-state index is 0.0244. The van der Waals surface area contributed by atoms with Crippen molar-refractivity contribution in [1.82, 2.24) is 5.32 Å². The van der Waals surface area contributed by atoms with Gasteiger partial charge in [0.2, 0.25) is 5.91 Å². The number of rotatable bonds is 6. The summed E-state index contributed by atoms with van der Waals surface area (Å²) >= 11 is 0. The topological polar surface area (TPSA) is 55.1 Å². The second-order valence-corrected chi connectivity index (χ2v) is 5.86. The zero-order valence-corrected chi connectivity index (χ0v) is 12.1. The van der Waals surface area contributed by atoms with E-state index in [1.807, 2.05) is 0 Å². The number of hydrogen-bond donors (Lipinski definition) is 2. The summed E-state index contributed by atoms with van der Waals surface area (Å²) in [5.41, 5.74) is 5.90. The van der Waals surface area contributed by atoms with Crippen LogP contribution in [0.2, 0.25) is 0 Å². The van der Waals surface area contributed by atoms with Crippen LogP contribution in [0.3, 0.4) is 0 Å². The highest BCUT2D eigenvalue weighted by atomic mass is 16.1. The van der Waals surface area contributed by atoms with Gasteiger partial charge >= 0.3 is 0 Å². The highest BCUT2D eigenvalue weighted by molar-refractivity contribution is 5.76. The molecular formula is C15H30N2O. The molecule has 106 valence electrons. The molecule has 1 rings (SSSR count). The van der Waals surface area contributed by atoms with E-state index in [9.17, 15) is 4.79 Å². The first-order chi connectivity index (χ1) is 8.63. The Kier molecular flexibility index (Phi) is 7.33. The van der Waals surface area contributed by atoms with Crippen molar-refractivity contribution in [3.05, 3.63) is 0 Å². The standard InChI is InChI=1S/C15H30N2O/c1-3-8-14(16)11-15(18)17-12(2)13-9-6-4-5-7-10-13/h12-14H,3-11,16H2,1-2H3,(H,17,18)/t12-,14?/m1/s1. The second kappa shape index (κ2) is 8.52. The summed E-state index contributed by atoms with van der Waals surface area (Å²) < 4.78 is 0. The fraction of sp³-hybridized carbons (Fsp3) is 0.933. The Morgan fingerprint density at radius 3 is 2.44 bits per heavy atom. The molecule has 0 radical (unpaired) electrons. The predicted molar refractivity (Wildman–Crippen MR) is 76.3 cm³/mol. The summed E-state index contributed by atoms with van der Waals surface area (Å²) in [6, 6.07) is 0.334. The SMILES string of the molecule is CCCC(N)CC(=O)N[C@H](C)C1CCCCCC1. The highest BCUT2D eigenvalue weighted by Gasteiger charge is 2.21. The molecule has 1 aliphatic rings. The van der Waals surface area contributed by atoms with E-state index in [4.69, 9.17) is 5.73 Å². The molecule has 0 bridgehead atoms. The summed E-state index contributed by atoms with van der Waals surface area (Å²) in [4.78, 5) is 11.9. The van der Waals surface area contributed by atoms with Gasteiger partial charge in [0.15, 0.2) is 0 Å². The molecule has 18 heavy (non-hydrogen) atoms. The largest absolute Gasteiger partial charge is 0.353 e. The zero-order chi connectivity index (χ0) is 13.4. The van der Waals surface area contributed by atoms with Crippen LogP contribution in [0.1, 0.15) is 71.6 Å². The van der Waals surface area contributed by atoms with Crippen molar-refractivity contribution in [2.45, 2.75) is 83.7 Å². The first-order valence-corrected chi connectivity index (χ1v) is 7.68. The molecule has 0 aliphatic heterocycles. The molecule has 0 aromatic carbocycles. The van der Waals surface area contributed by atoms with Gasteiger partial charge in [-0.1, -0.05) is 39.0 Å². The van der Waals surface area contributed by atoms with E-state index in [1.54, 1.807) is 0 Å². The van der Waals surface area contributed by atoms with Gasteiger partial charge in [-0.15, -0.1) is 0 Å². The molecule has 1 saturated carbocycles. The Morgan fingerprint density at radius 2 is 1.89 bits per heavy atom. The molecule has 0 saturated heterocycles. The van der Waals surface area contributed by atoms with E-state index in [0.29, 0.717) is 18.4 Å². The van der Waals surface area contributed by atoms with E-state index in [0.717, 1.165) is 12.8 Å². The molecule has 0 heterocycles. The Hall–Kier alpha value is -0.570. The third kappa shape index (κ3) is 5.85. The van der Waals surface area contributed by atoms with Gasteiger partial charge < -0.3 is 11.1 Å². The minimum atomic E-state index is 0.0244. The highest BCUT2D eigenvalue weighted by Crippen LogP contribution is 2.25. The maximum atomic E-state index is 11.9. The Bertz CT molecular complexity index is 235. The van der Waals surface area contributed by atoms with E-state index in [1.165, 1.54) is 38.5 Å². The number of nitrogens with two attached hydrogens (primary N) is 1. The van der Waals surface area contributed by atoms with Crippen LogP contribution in [0, 0.1) is 5.92 Å². The number of amides is 1. The van der Waals surface area contributed by atoms with Gasteiger partial charge in [-0.05, 0) is 32.1 Å². The summed E-state index contributed by atoms with van der Waals surface area (Å²) in [7, 11) is 0. The molecule has 3 N–H and O–H groups in total. The minimum Gasteiger partial charge on any atom is -0.353 e. The van der Waals surface area contributed by atoms with Gasteiger partial charge in [0, 0.05) is 18.5 Å². The van der Waals surface area contributed by atoms with Crippen LogP contribution in [0.5, 0.6) is 0 Å². The van der Waals surface area contributed by atoms with Crippen LogP contribution in [0.4, 0.5) is 0 Å². The van der Waals surface area contributed by atoms with Crippen molar-refractivity contribution in [2.24, 2.45) is 11.7 Å². The molecule has 0 spiro atoms. The molecule has 1 unspecified atom stereocenters. The zero-order valence-electron chi connectivity index (χ0n) is 12.1. The van der Waals surface area contributed by atoms with Crippen molar-refractivity contribution in [3.63, 3.8) is 0 Å². The number of carbonyl (C=O) groups is 1. The van der Waals surface area contributed by atoms with Crippen molar-refractivity contribution in [3.8, 4) is 0 Å². The van der Waals surface area contributed by atoms with Crippen LogP contribution >= 0.6 is 0 Å². The van der Waals surface area contributed by atoms with Gasteiger partial charge in [-0.2, -0.15) is 0 Å². The van der Waals surface area contributed by atoms with E-state index in [-0.39, 0.29) is 11.9 Å². The maximum absolute atomic E-state index is 11.9. The van der Waals surface area contributed by atoms with Gasteiger partial charge in [-0.3, -0.25) is 4.79 Å². The van der Waals surface area contributed by atoms with Crippen LogP contribution in [-0.4, -0.2) is 18.0 Å². The van der Waals surface area contributed by atoms with Crippen molar-refractivity contribution in [2.75, 3.05) is 0 Å². The lowest BCUT2D eigenvalue weighted by molar-refractivity contribution is -0.122. The Morgan fingerprint density at radius 1 is 1.28 bits per heavy atom. The van der Waals surface area contributed by atoms with Gasteiger partial charge in [0.1, 0.15) is 0 Å². The predicted octanol–water partition coefficient (Wildman–Crippen LogP) is 2.98. The monoisotopic (exact) mass is 254 g/mol. The summed E-state index contributed by atoms with van der Waals surface area (Å²) in [6.45, 7) is 4.26. The second-order valence-electron chi connectivity index (χ2n) is 5.86. The third-order valence-electron chi connectivity index (χ3n) is 4.10. The maximum Gasteiger partial charge on any atom is 0.221 e. The summed E-state index contributed by atoms with van der Waals surface area (Å²) in [6.07, 6.45) is 10.4. The van der Waals surface area contributed by atoms with E-state index in [2.05, 4.69) is 19.2 Å². The first-order valence-electron chi connectivity index (χ1n) is 7.68. The average molecular weight is 254 g/mol. The smallest absolute Gasteiger partial charge is 0.221 e. The normalized spacial score (nSPS) is 21.1. The molecule has 0 aromatic heterocycles. The van der Waals surface area contributed by atoms with Crippen molar-refractivity contribution in [1.29, 1.82) is 0 Å². The van der Waals surface area contributed by atoms with E-state index >= 15 is 0 Å².